The highest BCUT2D eigenvalue weighted by Gasteiger charge is 2.30. The number of hydrogen-bond acceptors (Lipinski definition) is 4. The molecule has 0 aromatic heterocycles. The van der Waals surface area contributed by atoms with Crippen LogP contribution in [0.2, 0.25) is 0 Å². The fourth-order valence-corrected chi connectivity index (χ4v) is 2.64. The Bertz CT molecular complexity index is 855. The molecule has 126 valence electrons. The van der Waals surface area contributed by atoms with Crippen LogP contribution in [-0.4, -0.2) is 23.5 Å². The summed E-state index contributed by atoms with van der Waals surface area (Å²) in [6.07, 6.45) is 0.384. The molecule has 0 radical (unpaired) electrons. The zero-order chi connectivity index (χ0) is 18.0. The van der Waals surface area contributed by atoms with Crippen molar-refractivity contribution in [3.8, 4) is 0 Å². The lowest BCUT2D eigenvalue weighted by Crippen LogP contribution is -2.28. The summed E-state index contributed by atoms with van der Waals surface area (Å²) in [7, 11) is 0. The molecule has 3 rings (SSSR count). The van der Waals surface area contributed by atoms with E-state index in [1.54, 1.807) is 42.5 Å². The fraction of sp³-hybridized carbons (Fsp3) is 0.158. The van der Waals surface area contributed by atoms with Crippen molar-refractivity contribution in [1.29, 1.82) is 0 Å². The minimum Gasteiger partial charge on any atom is -0.322 e. The Morgan fingerprint density at radius 1 is 0.920 bits per heavy atom. The lowest BCUT2D eigenvalue weighted by Gasteiger charge is -2.15. The maximum atomic E-state index is 12.4. The first-order valence-corrected chi connectivity index (χ1v) is 7.84. The van der Waals surface area contributed by atoms with Gasteiger partial charge in [-0.2, -0.15) is 0 Å². The second kappa shape index (κ2) is 6.68. The summed E-state index contributed by atoms with van der Waals surface area (Å²) in [5.41, 5.74) is 1.84. The Morgan fingerprint density at radius 2 is 1.56 bits per heavy atom. The van der Waals surface area contributed by atoms with Crippen molar-refractivity contribution in [3.05, 3.63) is 59.7 Å². The standard InChI is InChI=1S/C19H16N2O4/c1-12(22)13-5-7-15(8-6-13)20-19(25)14-3-2-4-16(11-14)21-17(23)9-10-18(21)24/h2-8,11H,9-10H2,1H3,(H,20,25). The number of anilines is 2. The van der Waals surface area contributed by atoms with Crippen LogP contribution in [0.25, 0.3) is 0 Å². The van der Waals surface area contributed by atoms with E-state index in [1.165, 1.54) is 13.0 Å². The van der Waals surface area contributed by atoms with Crippen LogP contribution in [0.3, 0.4) is 0 Å². The van der Waals surface area contributed by atoms with Crippen LogP contribution in [0, 0.1) is 0 Å². The molecular formula is C19H16N2O4. The lowest BCUT2D eigenvalue weighted by atomic mass is 10.1. The van der Waals surface area contributed by atoms with Gasteiger partial charge < -0.3 is 5.32 Å². The number of amides is 3. The zero-order valence-electron chi connectivity index (χ0n) is 13.6. The van der Waals surface area contributed by atoms with E-state index in [4.69, 9.17) is 0 Å². The van der Waals surface area contributed by atoms with Gasteiger partial charge >= 0.3 is 0 Å². The number of carbonyl (C=O) groups is 4. The Hall–Kier alpha value is -3.28. The third-order valence-electron chi connectivity index (χ3n) is 3.97. The SMILES string of the molecule is CC(=O)c1ccc(NC(=O)c2cccc(N3C(=O)CCC3=O)c2)cc1. The van der Waals surface area contributed by atoms with Crippen LogP contribution in [0.15, 0.2) is 48.5 Å². The van der Waals surface area contributed by atoms with Crippen LogP contribution in [-0.2, 0) is 9.59 Å². The van der Waals surface area contributed by atoms with Crippen LogP contribution in [0.1, 0.15) is 40.5 Å². The van der Waals surface area contributed by atoms with Gasteiger partial charge in [-0.3, -0.25) is 24.1 Å². The van der Waals surface area contributed by atoms with Crippen molar-refractivity contribution < 1.29 is 19.2 Å². The Labute approximate surface area is 144 Å². The van der Waals surface area contributed by atoms with Crippen molar-refractivity contribution in [2.75, 3.05) is 10.2 Å². The number of imide groups is 1. The Morgan fingerprint density at radius 3 is 2.16 bits per heavy atom. The molecule has 6 nitrogen and oxygen atoms in total. The first-order valence-electron chi connectivity index (χ1n) is 7.84. The van der Waals surface area contributed by atoms with Gasteiger partial charge in [-0.15, -0.1) is 0 Å². The minimum atomic E-state index is -0.364. The van der Waals surface area contributed by atoms with E-state index < -0.39 is 0 Å². The summed E-state index contributed by atoms with van der Waals surface area (Å²) in [4.78, 5) is 48.4. The van der Waals surface area contributed by atoms with Gasteiger partial charge in [0.05, 0.1) is 5.69 Å². The average Bonchev–Trinajstić information content (AvgIpc) is 2.94. The van der Waals surface area contributed by atoms with Gasteiger partial charge in [0.2, 0.25) is 11.8 Å². The van der Waals surface area contributed by atoms with Gasteiger partial charge in [-0.25, -0.2) is 0 Å². The monoisotopic (exact) mass is 336 g/mol. The smallest absolute Gasteiger partial charge is 0.255 e. The molecule has 25 heavy (non-hydrogen) atoms. The Kier molecular flexibility index (Phi) is 4.43. The number of nitrogens with one attached hydrogen (secondary N) is 1. The molecule has 1 fully saturated rings. The maximum absolute atomic E-state index is 12.4. The number of nitrogens with zero attached hydrogens (tertiary/aromatic N) is 1. The average molecular weight is 336 g/mol. The minimum absolute atomic E-state index is 0.0504. The second-order valence-corrected chi connectivity index (χ2v) is 5.76. The predicted octanol–water partition coefficient (Wildman–Crippen LogP) is 2.79. The molecule has 0 unspecified atom stereocenters. The third-order valence-corrected chi connectivity index (χ3v) is 3.97. The molecule has 0 saturated carbocycles. The van der Waals surface area contributed by atoms with Crippen molar-refractivity contribution in [2.45, 2.75) is 19.8 Å². The van der Waals surface area contributed by atoms with Gasteiger partial charge in [0.1, 0.15) is 0 Å². The van der Waals surface area contributed by atoms with Crippen molar-refractivity contribution in [2.24, 2.45) is 0 Å². The highest BCUT2D eigenvalue weighted by Crippen LogP contribution is 2.23. The molecule has 0 atom stereocenters. The van der Waals surface area contributed by atoms with Crippen molar-refractivity contribution >= 4 is 34.9 Å². The molecule has 1 aliphatic rings. The molecule has 0 spiro atoms. The molecule has 0 bridgehead atoms. The summed E-state index contributed by atoms with van der Waals surface area (Å²) >= 11 is 0. The molecule has 3 amide bonds. The van der Waals surface area contributed by atoms with Gasteiger partial charge in [0.25, 0.3) is 5.91 Å². The zero-order valence-corrected chi connectivity index (χ0v) is 13.6. The highest BCUT2D eigenvalue weighted by molar-refractivity contribution is 6.20. The first kappa shape index (κ1) is 16.6. The summed E-state index contributed by atoms with van der Waals surface area (Å²) in [6.45, 7) is 1.47. The number of hydrogen-bond donors (Lipinski definition) is 1. The molecule has 1 saturated heterocycles. The summed E-state index contributed by atoms with van der Waals surface area (Å²) in [5.74, 6) is -0.938. The second-order valence-electron chi connectivity index (χ2n) is 5.76. The number of Topliss-reactive ketones (excluding diaryl/α,β-unsaturated/α-hetero) is 1. The van der Waals surface area contributed by atoms with E-state index in [2.05, 4.69) is 5.32 Å². The van der Waals surface area contributed by atoms with Crippen molar-refractivity contribution in [1.82, 2.24) is 0 Å². The molecule has 1 N–H and O–H groups in total. The van der Waals surface area contributed by atoms with E-state index in [9.17, 15) is 19.2 Å². The van der Waals surface area contributed by atoms with Gasteiger partial charge in [0.15, 0.2) is 5.78 Å². The summed E-state index contributed by atoms with van der Waals surface area (Å²) in [5, 5.41) is 2.73. The van der Waals surface area contributed by atoms with Gasteiger partial charge in [-0.1, -0.05) is 6.07 Å². The fourth-order valence-electron chi connectivity index (χ4n) is 2.64. The topological polar surface area (TPSA) is 83.6 Å². The normalized spacial score (nSPS) is 13.9. The quantitative estimate of drug-likeness (QED) is 0.687. The summed E-state index contributed by atoms with van der Waals surface area (Å²) < 4.78 is 0. The number of benzene rings is 2. The lowest BCUT2D eigenvalue weighted by molar-refractivity contribution is -0.121. The van der Waals surface area contributed by atoms with Crippen LogP contribution in [0.4, 0.5) is 11.4 Å². The third kappa shape index (κ3) is 3.47. The van der Waals surface area contributed by atoms with E-state index in [1.807, 2.05) is 0 Å². The highest BCUT2D eigenvalue weighted by atomic mass is 16.2. The van der Waals surface area contributed by atoms with Crippen molar-refractivity contribution in [3.63, 3.8) is 0 Å². The number of ketones is 1. The van der Waals surface area contributed by atoms with E-state index in [0.29, 0.717) is 22.5 Å². The maximum Gasteiger partial charge on any atom is 0.255 e. The molecule has 2 aromatic carbocycles. The molecule has 0 aliphatic carbocycles. The Balaban J connectivity index is 1.78. The van der Waals surface area contributed by atoms with Crippen LogP contribution in [0.5, 0.6) is 0 Å². The van der Waals surface area contributed by atoms with E-state index in [0.717, 1.165) is 4.90 Å². The van der Waals surface area contributed by atoms with E-state index in [-0.39, 0.29) is 36.3 Å². The van der Waals surface area contributed by atoms with Gasteiger partial charge in [-0.05, 0) is 49.4 Å². The molecule has 1 heterocycles. The van der Waals surface area contributed by atoms with E-state index >= 15 is 0 Å². The van der Waals surface area contributed by atoms with Crippen LogP contribution >= 0.6 is 0 Å². The number of rotatable bonds is 4. The molecule has 2 aromatic rings. The first-order chi connectivity index (χ1) is 12.0. The predicted molar refractivity (Wildman–Crippen MR) is 92.6 cm³/mol. The largest absolute Gasteiger partial charge is 0.322 e. The summed E-state index contributed by atoms with van der Waals surface area (Å²) in [6, 6.07) is 12.9. The molecule has 1 aliphatic heterocycles. The van der Waals surface area contributed by atoms with Crippen LogP contribution < -0.4 is 10.2 Å². The van der Waals surface area contributed by atoms with Gasteiger partial charge in [0, 0.05) is 29.7 Å². The number of carbonyl (C=O) groups excluding carboxylic acids is 4. The molecular weight excluding hydrogens is 320 g/mol. The molecule has 6 heteroatoms.